The number of hydrogen-bond donors (Lipinski definition) is 1. The average Bonchev–Trinajstić information content (AvgIpc) is 2.92. The lowest BCUT2D eigenvalue weighted by Crippen LogP contribution is -2.68. The Morgan fingerprint density at radius 1 is 0.842 bits per heavy atom. The second kappa shape index (κ2) is 11.6. The van der Waals surface area contributed by atoms with Crippen LogP contribution in [0.3, 0.4) is 0 Å². The van der Waals surface area contributed by atoms with E-state index in [0.29, 0.717) is 22.8 Å². The zero-order valence-electron chi connectivity index (χ0n) is 23.2. The predicted molar refractivity (Wildman–Crippen MR) is 155 cm³/mol. The summed E-state index contributed by atoms with van der Waals surface area (Å²) in [5, 5.41) is 12.3. The summed E-state index contributed by atoms with van der Waals surface area (Å²) in [6.07, 6.45) is 5.14. The molecule has 3 aromatic carbocycles. The van der Waals surface area contributed by atoms with E-state index in [-0.39, 0.29) is 11.0 Å². The van der Waals surface area contributed by atoms with Gasteiger partial charge in [-0.3, -0.25) is 4.79 Å². The number of rotatable bonds is 9. The van der Waals surface area contributed by atoms with Crippen molar-refractivity contribution in [1.82, 2.24) is 0 Å². The van der Waals surface area contributed by atoms with Crippen molar-refractivity contribution in [2.24, 2.45) is 5.92 Å². The zero-order chi connectivity index (χ0) is 27.3. The first kappa shape index (κ1) is 27.8. The van der Waals surface area contributed by atoms with Crippen LogP contribution in [0.25, 0.3) is 0 Å². The topological polar surface area (TPSA) is 65.0 Å². The van der Waals surface area contributed by atoms with Crippen LogP contribution in [0.4, 0.5) is 0 Å². The van der Waals surface area contributed by atoms with E-state index in [1.54, 1.807) is 14.2 Å². The number of aliphatic carboxylic acids is 1. The lowest BCUT2D eigenvalue weighted by molar-refractivity contribution is -0.140. The highest BCUT2D eigenvalue weighted by Crippen LogP contribution is 2.47. The number of benzene rings is 3. The van der Waals surface area contributed by atoms with E-state index in [4.69, 9.17) is 13.9 Å². The van der Waals surface area contributed by atoms with Gasteiger partial charge in [-0.05, 0) is 51.9 Å². The number of carboxylic acids is 1. The van der Waals surface area contributed by atoms with Crippen molar-refractivity contribution in [2.45, 2.75) is 63.8 Å². The molecule has 4 rings (SSSR count). The molecule has 5 nitrogen and oxygen atoms in total. The van der Waals surface area contributed by atoms with Crippen LogP contribution in [0, 0.1) is 5.92 Å². The van der Waals surface area contributed by atoms with Crippen LogP contribution in [-0.2, 0) is 4.79 Å². The quantitative estimate of drug-likeness (QED) is 0.324. The van der Waals surface area contributed by atoms with Crippen molar-refractivity contribution in [2.75, 3.05) is 14.2 Å². The van der Waals surface area contributed by atoms with E-state index in [1.165, 1.54) is 6.42 Å². The Morgan fingerprint density at radius 2 is 1.32 bits per heavy atom. The third kappa shape index (κ3) is 5.32. The summed E-state index contributed by atoms with van der Waals surface area (Å²) in [5.41, 5.74) is 0.702. The molecule has 1 aliphatic carbocycles. The second-order valence-electron chi connectivity index (χ2n) is 11.2. The van der Waals surface area contributed by atoms with Gasteiger partial charge in [0.15, 0.2) is 17.2 Å². The highest BCUT2D eigenvalue weighted by molar-refractivity contribution is 7.00. The van der Waals surface area contributed by atoms with Gasteiger partial charge in [0.1, 0.15) is 0 Å². The van der Waals surface area contributed by atoms with Crippen LogP contribution < -0.4 is 24.3 Å². The van der Waals surface area contributed by atoms with Gasteiger partial charge in [-0.25, -0.2) is 0 Å². The fraction of sp³-hybridized carbons (Fsp3) is 0.406. The molecule has 0 aromatic heterocycles. The van der Waals surface area contributed by atoms with Gasteiger partial charge in [-0.1, -0.05) is 101 Å². The summed E-state index contributed by atoms with van der Waals surface area (Å²) in [7, 11) is 0.248. The molecule has 0 bridgehead atoms. The third-order valence-electron chi connectivity index (χ3n) is 7.90. The Bertz CT molecular complexity index is 1150. The summed E-state index contributed by atoms with van der Waals surface area (Å²) < 4.78 is 19.1. The molecule has 0 amide bonds. The minimum Gasteiger partial charge on any atom is -0.529 e. The lowest BCUT2D eigenvalue weighted by atomic mass is 9.76. The molecule has 1 fully saturated rings. The van der Waals surface area contributed by atoms with Crippen LogP contribution in [0.2, 0.25) is 5.04 Å². The van der Waals surface area contributed by atoms with Crippen molar-refractivity contribution < 1.29 is 23.8 Å². The molecule has 0 aliphatic heterocycles. The van der Waals surface area contributed by atoms with Crippen molar-refractivity contribution in [3.8, 4) is 17.2 Å². The summed E-state index contributed by atoms with van der Waals surface area (Å²) in [4.78, 5) is 12.5. The number of hydrogen-bond acceptors (Lipinski definition) is 4. The second-order valence-corrected chi connectivity index (χ2v) is 15.5. The van der Waals surface area contributed by atoms with E-state index < -0.39 is 20.2 Å². The van der Waals surface area contributed by atoms with E-state index >= 15 is 0 Å². The smallest absolute Gasteiger partial charge is 0.320 e. The number of carbonyl (C=O) groups is 1. The molecule has 0 heterocycles. The molecule has 1 N–H and O–H groups in total. The molecule has 1 aliphatic rings. The Hall–Kier alpha value is -3.25. The molecule has 3 aromatic rings. The Kier molecular flexibility index (Phi) is 8.51. The maximum absolute atomic E-state index is 12.5. The fourth-order valence-electron chi connectivity index (χ4n) is 6.07. The van der Waals surface area contributed by atoms with Crippen molar-refractivity contribution in [3.05, 3.63) is 78.4 Å². The van der Waals surface area contributed by atoms with Crippen LogP contribution in [-0.4, -0.2) is 33.6 Å². The minimum absolute atomic E-state index is 0.0964. The van der Waals surface area contributed by atoms with Crippen molar-refractivity contribution in [3.63, 3.8) is 0 Å². The van der Waals surface area contributed by atoms with Gasteiger partial charge in [0.25, 0.3) is 0 Å². The van der Waals surface area contributed by atoms with Gasteiger partial charge in [0.05, 0.1) is 20.1 Å². The predicted octanol–water partition coefficient (Wildman–Crippen LogP) is 6.39. The molecule has 38 heavy (non-hydrogen) atoms. The molecule has 1 atom stereocenters. The van der Waals surface area contributed by atoms with Crippen LogP contribution in [0.1, 0.15) is 64.4 Å². The van der Waals surface area contributed by atoms with Gasteiger partial charge in [-0.15, -0.1) is 0 Å². The summed E-state index contributed by atoms with van der Waals surface area (Å²) in [5.74, 6) is 0.186. The van der Waals surface area contributed by atoms with Gasteiger partial charge in [-0.2, -0.15) is 0 Å². The molecule has 1 saturated carbocycles. The Labute approximate surface area is 227 Å². The monoisotopic (exact) mass is 532 g/mol. The zero-order valence-corrected chi connectivity index (χ0v) is 24.2. The first-order valence-electron chi connectivity index (χ1n) is 13.5. The first-order chi connectivity index (χ1) is 18.2. The van der Waals surface area contributed by atoms with E-state index in [9.17, 15) is 9.90 Å². The molecule has 6 heteroatoms. The number of carboxylic acid groups (broad SMARTS) is 1. The van der Waals surface area contributed by atoms with Gasteiger partial charge in [0, 0.05) is 0 Å². The number of methoxy groups -OCH3 is 2. The Balaban J connectivity index is 1.91. The normalized spacial score (nSPS) is 15.5. The fourth-order valence-corrected chi connectivity index (χ4v) is 10.5. The molecule has 0 spiro atoms. The van der Waals surface area contributed by atoms with Crippen LogP contribution >= 0.6 is 0 Å². The summed E-state index contributed by atoms with van der Waals surface area (Å²) in [6.45, 7) is 6.65. The molecule has 202 valence electrons. The SMILES string of the molecule is COc1cc([C@@H](C(=O)O)C2CCCCC2)cc(OC)c1O[Si](c1ccccc1)(c1ccccc1)C(C)(C)C. The van der Waals surface area contributed by atoms with E-state index in [2.05, 4.69) is 45.0 Å². The molecular formula is C32H40O5Si. The minimum atomic E-state index is -2.96. The maximum atomic E-state index is 12.5. The van der Waals surface area contributed by atoms with E-state index in [1.807, 2.05) is 48.5 Å². The van der Waals surface area contributed by atoms with Crippen LogP contribution in [0.5, 0.6) is 17.2 Å². The van der Waals surface area contributed by atoms with Crippen LogP contribution in [0.15, 0.2) is 72.8 Å². The van der Waals surface area contributed by atoms with Gasteiger partial charge < -0.3 is 19.0 Å². The summed E-state index contributed by atoms with van der Waals surface area (Å²) in [6, 6.07) is 24.5. The molecular weight excluding hydrogens is 492 g/mol. The largest absolute Gasteiger partial charge is 0.529 e. The van der Waals surface area contributed by atoms with Gasteiger partial charge in [0.2, 0.25) is 0 Å². The highest BCUT2D eigenvalue weighted by atomic mass is 28.4. The average molecular weight is 533 g/mol. The summed E-state index contributed by atoms with van der Waals surface area (Å²) >= 11 is 0. The number of ether oxygens (including phenoxy) is 2. The highest BCUT2D eigenvalue weighted by Gasteiger charge is 2.53. The molecule has 0 saturated heterocycles. The third-order valence-corrected chi connectivity index (χ3v) is 12.8. The van der Waals surface area contributed by atoms with Crippen molar-refractivity contribution >= 4 is 24.7 Å². The van der Waals surface area contributed by atoms with E-state index in [0.717, 1.165) is 36.1 Å². The maximum Gasteiger partial charge on any atom is 0.320 e. The molecule has 0 unspecified atom stereocenters. The standard InChI is InChI=1S/C32H40O5Si/c1-32(2,3)38(25-17-11-7-12-18-25,26-19-13-8-14-20-26)37-30-27(35-4)21-24(22-28(30)36-5)29(31(33)34)23-15-9-6-10-16-23/h7-8,11-14,17-23,29H,6,9-10,15-16H2,1-5H3,(H,33,34)/t29-/m0/s1. The van der Waals surface area contributed by atoms with Gasteiger partial charge >= 0.3 is 14.3 Å². The van der Waals surface area contributed by atoms with Crippen molar-refractivity contribution in [1.29, 1.82) is 0 Å². The first-order valence-corrected chi connectivity index (χ1v) is 15.4. The Morgan fingerprint density at radius 3 is 1.71 bits per heavy atom. The molecule has 0 radical (unpaired) electrons. The lowest BCUT2D eigenvalue weighted by Gasteiger charge is -2.43.